The van der Waals surface area contributed by atoms with E-state index in [-0.39, 0.29) is 24.2 Å². The van der Waals surface area contributed by atoms with Crippen LogP contribution < -0.4 is 10.2 Å². The molecule has 2 aromatic carbocycles. The average molecular weight is 308 g/mol. The third-order valence-corrected chi connectivity index (χ3v) is 4.06. The predicted molar refractivity (Wildman–Crippen MR) is 91.4 cm³/mol. The van der Waals surface area contributed by atoms with Crippen molar-refractivity contribution in [2.45, 2.75) is 20.3 Å². The number of para-hydroxylation sites is 1. The van der Waals surface area contributed by atoms with Gasteiger partial charge in [0.05, 0.1) is 5.92 Å². The van der Waals surface area contributed by atoms with Crippen LogP contribution in [0.3, 0.4) is 0 Å². The molecule has 0 unspecified atom stereocenters. The highest BCUT2D eigenvalue weighted by Crippen LogP contribution is 2.27. The molecule has 1 fully saturated rings. The van der Waals surface area contributed by atoms with Gasteiger partial charge < -0.3 is 10.2 Å². The number of carbonyl (C=O) groups is 2. The summed E-state index contributed by atoms with van der Waals surface area (Å²) < 4.78 is 0. The number of rotatable bonds is 3. The largest absolute Gasteiger partial charge is 0.326 e. The Morgan fingerprint density at radius 2 is 1.74 bits per heavy atom. The standard InChI is InChI=1S/C19H20N2O2/c1-13-8-14(2)10-17(9-13)21-12-15(11-18(21)22)19(23)20-16-6-4-3-5-7-16/h3-10,15H,11-12H2,1-2H3,(H,20,23)/t15-/m0/s1. The maximum absolute atomic E-state index is 12.4. The first-order valence-corrected chi connectivity index (χ1v) is 7.77. The molecule has 23 heavy (non-hydrogen) atoms. The van der Waals surface area contributed by atoms with Crippen LogP contribution in [0.4, 0.5) is 11.4 Å². The van der Waals surface area contributed by atoms with Crippen LogP contribution in [-0.4, -0.2) is 18.4 Å². The molecule has 0 bridgehead atoms. The van der Waals surface area contributed by atoms with Gasteiger partial charge in [0, 0.05) is 24.3 Å². The Kier molecular flexibility index (Phi) is 4.15. The average Bonchev–Trinajstić information content (AvgIpc) is 2.89. The third-order valence-electron chi connectivity index (χ3n) is 4.06. The van der Waals surface area contributed by atoms with E-state index in [4.69, 9.17) is 0 Å². The summed E-state index contributed by atoms with van der Waals surface area (Å²) in [5.74, 6) is -0.414. The monoisotopic (exact) mass is 308 g/mol. The van der Waals surface area contributed by atoms with E-state index in [9.17, 15) is 9.59 Å². The molecule has 3 rings (SSSR count). The highest BCUT2D eigenvalue weighted by Gasteiger charge is 2.35. The van der Waals surface area contributed by atoms with Crippen molar-refractivity contribution < 1.29 is 9.59 Å². The summed E-state index contributed by atoms with van der Waals surface area (Å²) in [5.41, 5.74) is 3.87. The molecule has 2 amide bonds. The van der Waals surface area contributed by atoms with Crippen molar-refractivity contribution >= 4 is 23.2 Å². The van der Waals surface area contributed by atoms with Crippen LogP contribution in [0.25, 0.3) is 0 Å². The minimum absolute atomic E-state index is 0.00297. The lowest BCUT2D eigenvalue weighted by Gasteiger charge is -2.18. The van der Waals surface area contributed by atoms with Gasteiger partial charge in [0.25, 0.3) is 0 Å². The predicted octanol–water partition coefficient (Wildman–Crippen LogP) is 3.30. The zero-order chi connectivity index (χ0) is 16.4. The maximum atomic E-state index is 12.4. The Hall–Kier alpha value is -2.62. The fraction of sp³-hybridized carbons (Fsp3) is 0.263. The molecule has 1 aliphatic heterocycles. The van der Waals surface area contributed by atoms with Gasteiger partial charge >= 0.3 is 0 Å². The second-order valence-corrected chi connectivity index (χ2v) is 6.11. The van der Waals surface area contributed by atoms with E-state index in [1.807, 2.05) is 56.3 Å². The summed E-state index contributed by atoms with van der Waals surface area (Å²) in [7, 11) is 0. The molecular formula is C19H20N2O2. The van der Waals surface area contributed by atoms with Crippen LogP contribution in [0.1, 0.15) is 17.5 Å². The molecule has 4 heteroatoms. The van der Waals surface area contributed by atoms with Crippen molar-refractivity contribution in [2.75, 3.05) is 16.8 Å². The smallest absolute Gasteiger partial charge is 0.229 e. The number of hydrogen-bond donors (Lipinski definition) is 1. The molecule has 0 aromatic heterocycles. The van der Waals surface area contributed by atoms with Crippen LogP contribution in [0.2, 0.25) is 0 Å². The van der Waals surface area contributed by atoms with E-state index in [1.165, 1.54) is 0 Å². The lowest BCUT2D eigenvalue weighted by Crippen LogP contribution is -2.28. The fourth-order valence-electron chi connectivity index (χ4n) is 3.01. The number of nitrogens with zero attached hydrogens (tertiary/aromatic N) is 1. The number of carbonyl (C=O) groups excluding carboxylic acids is 2. The van der Waals surface area contributed by atoms with Crippen molar-refractivity contribution in [3.63, 3.8) is 0 Å². The van der Waals surface area contributed by atoms with Crippen LogP contribution >= 0.6 is 0 Å². The molecule has 0 spiro atoms. The lowest BCUT2D eigenvalue weighted by atomic mass is 10.1. The van der Waals surface area contributed by atoms with Gasteiger partial charge in [0.2, 0.25) is 11.8 Å². The molecule has 1 saturated heterocycles. The topological polar surface area (TPSA) is 49.4 Å². The summed E-state index contributed by atoms with van der Waals surface area (Å²) in [6.45, 7) is 4.45. The van der Waals surface area contributed by atoms with Crippen molar-refractivity contribution in [2.24, 2.45) is 5.92 Å². The van der Waals surface area contributed by atoms with E-state index in [1.54, 1.807) is 4.90 Å². The summed E-state index contributed by atoms with van der Waals surface area (Å²) in [6.07, 6.45) is 0.256. The van der Waals surface area contributed by atoms with Crippen molar-refractivity contribution in [1.82, 2.24) is 0 Å². The molecule has 1 aliphatic rings. The first-order valence-electron chi connectivity index (χ1n) is 7.77. The summed E-state index contributed by atoms with van der Waals surface area (Å²) >= 11 is 0. The second-order valence-electron chi connectivity index (χ2n) is 6.11. The zero-order valence-corrected chi connectivity index (χ0v) is 13.4. The number of nitrogens with one attached hydrogen (secondary N) is 1. The summed E-state index contributed by atoms with van der Waals surface area (Å²) in [4.78, 5) is 26.4. The highest BCUT2D eigenvalue weighted by atomic mass is 16.2. The SMILES string of the molecule is Cc1cc(C)cc(N2C[C@@H](C(=O)Nc3ccccc3)CC2=O)c1. The van der Waals surface area contributed by atoms with Gasteiger partial charge in [0.1, 0.15) is 0 Å². The molecule has 1 N–H and O–H groups in total. The number of anilines is 2. The molecule has 1 heterocycles. The van der Waals surface area contributed by atoms with E-state index in [0.717, 1.165) is 22.5 Å². The molecule has 0 saturated carbocycles. The Bertz CT molecular complexity index is 720. The van der Waals surface area contributed by atoms with Crippen molar-refractivity contribution in [1.29, 1.82) is 0 Å². The number of aryl methyl sites for hydroxylation is 2. The highest BCUT2D eigenvalue weighted by molar-refractivity contribution is 6.03. The minimum atomic E-state index is -0.316. The van der Waals surface area contributed by atoms with Gasteiger partial charge in [-0.3, -0.25) is 9.59 Å². The van der Waals surface area contributed by atoms with E-state index in [2.05, 4.69) is 11.4 Å². The zero-order valence-electron chi connectivity index (χ0n) is 13.4. The third kappa shape index (κ3) is 3.42. The van der Waals surface area contributed by atoms with Crippen LogP contribution in [0, 0.1) is 19.8 Å². The van der Waals surface area contributed by atoms with Gasteiger partial charge in [-0.1, -0.05) is 24.3 Å². The Balaban J connectivity index is 1.73. The first kappa shape index (κ1) is 15.3. The summed E-state index contributed by atoms with van der Waals surface area (Å²) in [5, 5.41) is 2.88. The molecule has 0 radical (unpaired) electrons. The number of hydrogen-bond acceptors (Lipinski definition) is 2. The molecule has 1 atom stereocenters. The van der Waals surface area contributed by atoms with E-state index >= 15 is 0 Å². The molecule has 4 nitrogen and oxygen atoms in total. The molecular weight excluding hydrogens is 288 g/mol. The second kappa shape index (κ2) is 6.24. The quantitative estimate of drug-likeness (QED) is 0.946. The number of amides is 2. The summed E-state index contributed by atoms with van der Waals surface area (Å²) in [6, 6.07) is 15.4. The van der Waals surface area contributed by atoms with Crippen molar-refractivity contribution in [3.8, 4) is 0 Å². The maximum Gasteiger partial charge on any atom is 0.229 e. The van der Waals surface area contributed by atoms with E-state index in [0.29, 0.717) is 6.54 Å². The minimum Gasteiger partial charge on any atom is -0.326 e. The van der Waals surface area contributed by atoms with Crippen molar-refractivity contribution in [3.05, 3.63) is 59.7 Å². The van der Waals surface area contributed by atoms with Gasteiger partial charge in [-0.25, -0.2) is 0 Å². The molecule has 2 aromatic rings. The van der Waals surface area contributed by atoms with Crippen LogP contribution in [-0.2, 0) is 9.59 Å². The molecule has 118 valence electrons. The van der Waals surface area contributed by atoms with Crippen LogP contribution in [0.15, 0.2) is 48.5 Å². The normalized spacial score (nSPS) is 17.4. The van der Waals surface area contributed by atoms with Gasteiger partial charge in [-0.05, 0) is 49.2 Å². The Morgan fingerprint density at radius 3 is 2.39 bits per heavy atom. The van der Waals surface area contributed by atoms with Gasteiger partial charge in [-0.2, -0.15) is 0 Å². The fourth-order valence-corrected chi connectivity index (χ4v) is 3.01. The Morgan fingerprint density at radius 1 is 1.09 bits per heavy atom. The van der Waals surface area contributed by atoms with Gasteiger partial charge in [0.15, 0.2) is 0 Å². The Labute approximate surface area is 136 Å². The van der Waals surface area contributed by atoms with Crippen LogP contribution in [0.5, 0.6) is 0 Å². The van der Waals surface area contributed by atoms with E-state index < -0.39 is 0 Å². The first-order chi connectivity index (χ1) is 11.0. The lowest BCUT2D eigenvalue weighted by molar-refractivity contribution is -0.122. The number of benzene rings is 2. The van der Waals surface area contributed by atoms with Gasteiger partial charge in [-0.15, -0.1) is 0 Å². The molecule has 0 aliphatic carbocycles.